The summed E-state index contributed by atoms with van der Waals surface area (Å²) in [4.78, 5) is 45.8. The zero-order valence-electron chi connectivity index (χ0n) is 23.1. The van der Waals surface area contributed by atoms with E-state index >= 15 is 0 Å². The molecule has 2 aliphatic heterocycles. The van der Waals surface area contributed by atoms with Crippen LogP contribution >= 0.6 is 0 Å². The summed E-state index contributed by atoms with van der Waals surface area (Å²) in [6.45, 7) is 3.48. The lowest BCUT2D eigenvalue weighted by Gasteiger charge is -2.16. The van der Waals surface area contributed by atoms with Gasteiger partial charge >= 0.3 is 0 Å². The van der Waals surface area contributed by atoms with E-state index < -0.39 is 4.92 Å². The number of fused-ring (bicyclic) bond motifs is 1. The number of aromatic amines is 1. The van der Waals surface area contributed by atoms with E-state index in [2.05, 4.69) is 20.6 Å². The fourth-order valence-corrected chi connectivity index (χ4v) is 5.48. The van der Waals surface area contributed by atoms with Crippen LogP contribution in [0.1, 0.15) is 41.8 Å². The second-order valence-electron chi connectivity index (χ2n) is 10.5. The lowest BCUT2D eigenvalue weighted by molar-refractivity contribution is -0.384. The van der Waals surface area contributed by atoms with E-state index in [-0.39, 0.29) is 17.5 Å². The predicted octanol–water partition coefficient (Wildman–Crippen LogP) is 5.78. The number of anilines is 2. The molecule has 1 saturated heterocycles. The summed E-state index contributed by atoms with van der Waals surface area (Å²) in [7, 11) is 0. The average molecular weight is 563 g/mol. The number of hydrogen-bond acceptors (Lipinski definition) is 6. The van der Waals surface area contributed by atoms with Crippen LogP contribution in [0.15, 0.2) is 72.9 Å². The minimum Gasteiger partial charge on any atom is -0.354 e. The van der Waals surface area contributed by atoms with Crippen LogP contribution in [0.3, 0.4) is 0 Å². The van der Waals surface area contributed by atoms with Gasteiger partial charge in [0, 0.05) is 60.3 Å². The highest BCUT2D eigenvalue weighted by molar-refractivity contribution is 6.37. The van der Waals surface area contributed by atoms with Gasteiger partial charge in [-0.2, -0.15) is 0 Å². The number of aryl methyl sites for hydroxylation is 2. The maximum atomic E-state index is 13.3. The summed E-state index contributed by atoms with van der Waals surface area (Å²) < 4.78 is 0. The number of nitro groups is 1. The van der Waals surface area contributed by atoms with Gasteiger partial charge < -0.3 is 20.5 Å². The Morgan fingerprint density at radius 3 is 2.52 bits per heavy atom. The number of hydrogen-bond donors (Lipinski definition) is 3. The Labute approximate surface area is 242 Å². The molecule has 0 unspecified atom stereocenters. The first-order valence-electron chi connectivity index (χ1n) is 14.0. The molecule has 6 rings (SSSR count). The van der Waals surface area contributed by atoms with Crippen molar-refractivity contribution in [1.82, 2.24) is 14.9 Å². The van der Waals surface area contributed by atoms with Crippen LogP contribution < -0.4 is 10.6 Å². The van der Waals surface area contributed by atoms with E-state index in [0.717, 1.165) is 66.2 Å². The summed E-state index contributed by atoms with van der Waals surface area (Å²) in [6.07, 6.45) is 5.13. The first-order chi connectivity index (χ1) is 20.4. The van der Waals surface area contributed by atoms with Gasteiger partial charge in [-0.1, -0.05) is 36.4 Å². The highest BCUT2D eigenvalue weighted by atomic mass is 16.6. The molecule has 0 atom stereocenters. The number of carbonyl (C=O) groups is 2. The number of non-ortho nitro benzene ring substituents is 1. The van der Waals surface area contributed by atoms with Crippen molar-refractivity contribution in [2.45, 2.75) is 32.6 Å². The standard InChI is InChI=1S/C32H30N6O4/c1-20-33-19-28(34-20)22-10-12-24(13-11-22)35-31(30-26-18-25(38(41)42)14-15-27(26)36-32(30)40)23-8-6-21(7-9-23)4-2-16-37-17-3-5-29(37)39/h6-15,18-19,35H,2-5,16-17H2,1H3,(H,33,34)(H,36,40)/b31-30-. The molecular formula is C32H30N6O4. The van der Waals surface area contributed by atoms with Crippen molar-refractivity contribution in [3.8, 4) is 11.3 Å². The molecule has 1 aromatic heterocycles. The van der Waals surface area contributed by atoms with E-state index in [1.165, 1.54) is 12.1 Å². The molecule has 1 fully saturated rings. The fourth-order valence-electron chi connectivity index (χ4n) is 5.48. The molecule has 0 saturated carbocycles. The second-order valence-corrected chi connectivity index (χ2v) is 10.5. The third-order valence-corrected chi connectivity index (χ3v) is 7.67. The van der Waals surface area contributed by atoms with Crippen LogP contribution in [-0.4, -0.2) is 44.7 Å². The van der Waals surface area contributed by atoms with Crippen molar-refractivity contribution in [2.75, 3.05) is 23.7 Å². The number of rotatable bonds is 9. The monoisotopic (exact) mass is 562 g/mol. The molecule has 3 N–H and O–H groups in total. The van der Waals surface area contributed by atoms with Crippen LogP contribution in [0.2, 0.25) is 0 Å². The van der Waals surface area contributed by atoms with Crippen LogP contribution in [0.4, 0.5) is 17.1 Å². The Hall–Kier alpha value is -5.25. The SMILES string of the molecule is Cc1nc(-c2ccc(N/C(=C3\C(=O)Nc4ccc([N+](=O)[O-])cc43)c3ccc(CCCN4CCCC4=O)cc3)cc2)c[nH]1. The Bertz CT molecular complexity index is 1710. The molecule has 10 heteroatoms. The number of nitrogens with one attached hydrogen (secondary N) is 3. The molecule has 42 heavy (non-hydrogen) atoms. The van der Waals surface area contributed by atoms with Crippen LogP contribution in [0.5, 0.6) is 0 Å². The molecule has 212 valence electrons. The minimum absolute atomic E-state index is 0.0902. The largest absolute Gasteiger partial charge is 0.354 e. The van der Waals surface area contributed by atoms with Crippen molar-refractivity contribution in [3.63, 3.8) is 0 Å². The summed E-state index contributed by atoms with van der Waals surface area (Å²) in [6, 6.07) is 20.0. The number of nitrogens with zero attached hydrogens (tertiary/aromatic N) is 3. The molecule has 0 spiro atoms. The average Bonchev–Trinajstić information content (AvgIpc) is 3.70. The van der Waals surface area contributed by atoms with Gasteiger partial charge in [-0.25, -0.2) is 4.98 Å². The number of benzene rings is 3. The Balaban J connectivity index is 1.32. The second kappa shape index (κ2) is 11.3. The fraction of sp³-hybridized carbons (Fsp3) is 0.219. The maximum Gasteiger partial charge on any atom is 0.270 e. The van der Waals surface area contributed by atoms with Crippen molar-refractivity contribution in [1.29, 1.82) is 0 Å². The van der Waals surface area contributed by atoms with Crippen molar-refractivity contribution >= 4 is 40.1 Å². The Morgan fingerprint density at radius 1 is 1.07 bits per heavy atom. The van der Waals surface area contributed by atoms with Crippen molar-refractivity contribution in [3.05, 3.63) is 106 Å². The highest BCUT2D eigenvalue weighted by Crippen LogP contribution is 2.39. The van der Waals surface area contributed by atoms with Crippen molar-refractivity contribution in [2.24, 2.45) is 0 Å². The first kappa shape index (κ1) is 26.9. The van der Waals surface area contributed by atoms with Gasteiger partial charge in [0.1, 0.15) is 5.82 Å². The Kier molecular flexibility index (Phi) is 7.26. The molecule has 4 aromatic rings. The van der Waals surface area contributed by atoms with Crippen LogP contribution in [0.25, 0.3) is 22.5 Å². The summed E-state index contributed by atoms with van der Waals surface area (Å²) in [5.74, 6) is 0.721. The Morgan fingerprint density at radius 2 is 1.86 bits per heavy atom. The van der Waals surface area contributed by atoms with Gasteiger partial charge in [0.2, 0.25) is 5.91 Å². The van der Waals surface area contributed by atoms with E-state index in [1.54, 1.807) is 6.07 Å². The van der Waals surface area contributed by atoms with E-state index in [0.29, 0.717) is 28.9 Å². The zero-order chi connectivity index (χ0) is 29.2. The van der Waals surface area contributed by atoms with Gasteiger partial charge in [-0.15, -0.1) is 0 Å². The molecule has 3 aromatic carbocycles. The molecule has 10 nitrogen and oxygen atoms in total. The molecule has 0 aliphatic carbocycles. The quantitative estimate of drug-likeness (QED) is 0.135. The lowest BCUT2D eigenvalue weighted by Crippen LogP contribution is -2.25. The van der Waals surface area contributed by atoms with E-state index in [1.807, 2.05) is 66.6 Å². The molecule has 2 amide bonds. The third kappa shape index (κ3) is 5.51. The summed E-state index contributed by atoms with van der Waals surface area (Å²) in [5.41, 5.74) is 6.21. The van der Waals surface area contributed by atoms with Gasteiger partial charge in [0.05, 0.1) is 21.9 Å². The number of likely N-dealkylation sites (tertiary alicyclic amines) is 1. The van der Waals surface area contributed by atoms with Gasteiger partial charge in [0.25, 0.3) is 11.6 Å². The normalized spacial score (nSPS) is 15.5. The highest BCUT2D eigenvalue weighted by Gasteiger charge is 2.30. The number of amides is 2. The topological polar surface area (TPSA) is 133 Å². The third-order valence-electron chi connectivity index (χ3n) is 7.67. The number of carbonyl (C=O) groups excluding carboxylic acids is 2. The molecule has 0 bridgehead atoms. The number of nitro benzene ring substituents is 1. The number of H-pyrrole nitrogens is 1. The predicted molar refractivity (Wildman–Crippen MR) is 162 cm³/mol. The van der Waals surface area contributed by atoms with Crippen LogP contribution in [-0.2, 0) is 16.0 Å². The molecule has 2 aliphatic rings. The summed E-state index contributed by atoms with van der Waals surface area (Å²) >= 11 is 0. The van der Waals surface area contributed by atoms with E-state index in [4.69, 9.17) is 0 Å². The minimum atomic E-state index is -0.464. The van der Waals surface area contributed by atoms with Crippen LogP contribution in [0, 0.1) is 17.0 Å². The summed E-state index contributed by atoms with van der Waals surface area (Å²) in [5, 5.41) is 17.8. The molecule has 3 heterocycles. The smallest absolute Gasteiger partial charge is 0.270 e. The molecule has 0 radical (unpaired) electrons. The van der Waals surface area contributed by atoms with Gasteiger partial charge in [-0.3, -0.25) is 19.7 Å². The van der Waals surface area contributed by atoms with Gasteiger partial charge in [-0.05, 0) is 55.5 Å². The first-order valence-corrected chi connectivity index (χ1v) is 14.0. The molecular weight excluding hydrogens is 532 g/mol. The van der Waals surface area contributed by atoms with Gasteiger partial charge in [0.15, 0.2) is 0 Å². The van der Waals surface area contributed by atoms with Crippen molar-refractivity contribution < 1.29 is 14.5 Å². The number of aromatic nitrogens is 2. The lowest BCUT2D eigenvalue weighted by atomic mass is 9.98. The zero-order valence-corrected chi connectivity index (χ0v) is 23.1. The maximum absolute atomic E-state index is 13.3. The number of imidazole rings is 1. The van der Waals surface area contributed by atoms with E-state index in [9.17, 15) is 19.7 Å².